The summed E-state index contributed by atoms with van der Waals surface area (Å²) in [6.07, 6.45) is 26.9. The summed E-state index contributed by atoms with van der Waals surface area (Å²) in [4.78, 5) is 0. The molecule has 32 heavy (non-hydrogen) atoms. The molecule has 2 N–H and O–H groups in total. The molecule has 0 saturated carbocycles. The largest absolute Gasteiger partial charge is 0.394 e. The fraction of sp³-hybridized carbons (Fsp3) is 1.00. The van der Waals surface area contributed by atoms with Crippen LogP contribution < -0.4 is 0 Å². The van der Waals surface area contributed by atoms with Gasteiger partial charge in [-0.2, -0.15) is 0 Å². The van der Waals surface area contributed by atoms with Crippen LogP contribution in [0.2, 0.25) is 13.3 Å². The van der Waals surface area contributed by atoms with Gasteiger partial charge in [0.2, 0.25) is 0 Å². The zero-order chi connectivity index (χ0) is 24.0. The van der Waals surface area contributed by atoms with E-state index >= 15 is 0 Å². The van der Waals surface area contributed by atoms with Gasteiger partial charge in [0.05, 0.1) is 26.4 Å². The maximum Gasteiger partial charge on any atom is 0.0698 e. The molecular weight excluding hydrogens is 503 g/mol. The topological polar surface area (TPSA) is 49.7 Å². The van der Waals surface area contributed by atoms with Crippen LogP contribution in [0.1, 0.15) is 136 Å². The number of hydrogen-bond acceptors (Lipinski definition) is 3. The van der Waals surface area contributed by atoms with Crippen molar-refractivity contribution in [1.29, 1.82) is 0 Å². The van der Waals surface area contributed by atoms with Gasteiger partial charge in [0.1, 0.15) is 0 Å². The van der Waals surface area contributed by atoms with Gasteiger partial charge >= 0.3 is 169 Å². The summed E-state index contributed by atoms with van der Waals surface area (Å²) in [6, 6.07) is 0. The van der Waals surface area contributed by atoms with Crippen LogP contribution in [0.4, 0.5) is 0 Å². The molecule has 4 heteroatoms. The summed E-state index contributed by atoms with van der Waals surface area (Å²) < 4.78 is 9.79. The predicted octanol–water partition coefficient (Wildman–Crippen LogP) is 8.55. The van der Waals surface area contributed by atoms with Gasteiger partial charge in [-0.05, 0) is 0 Å². The normalized spacial score (nSPS) is 11.1. The van der Waals surface area contributed by atoms with Crippen molar-refractivity contribution in [2.45, 2.75) is 150 Å². The monoisotopic (exact) mass is 565 g/mol. The van der Waals surface area contributed by atoms with Crippen molar-refractivity contribution in [1.82, 2.24) is 0 Å². The zero-order valence-corrected chi connectivity index (χ0v) is 25.3. The molecule has 0 fully saturated rings. The molecule has 0 heterocycles. The summed E-state index contributed by atoms with van der Waals surface area (Å²) in [6.45, 7) is 7.67. The van der Waals surface area contributed by atoms with Crippen molar-refractivity contribution in [2.75, 3.05) is 26.4 Å². The van der Waals surface area contributed by atoms with Crippen LogP contribution >= 0.6 is 0 Å². The average Bonchev–Trinajstić information content (AvgIpc) is 2.81. The Morgan fingerprint density at radius 2 is 0.719 bits per heavy atom. The van der Waals surface area contributed by atoms with E-state index in [0.29, 0.717) is 13.2 Å². The molecule has 0 unspecified atom stereocenters. The van der Waals surface area contributed by atoms with Crippen molar-refractivity contribution in [3.8, 4) is 0 Å². The standard InChI is InChI=1S/3C8H17.C4H10O3.Sn/c3*1-3-5-7-8-6-4-2;5-1-3-7-4-2-6;/h3*1,3-8H2,2H3;5-6H,1-4H2;. The van der Waals surface area contributed by atoms with Crippen LogP contribution in [-0.2, 0) is 4.74 Å². The van der Waals surface area contributed by atoms with Crippen molar-refractivity contribution in [3.63, 3.8) is 0 Å². The Balaban J connectivity index is 0. The molecule has 0 spiro atoms. The maximum absolute atomic E-state index is 8.09. The van der Waals surface area contributed by atoms with Gasteiger partial charge in [0, 0.05) is 0 Å². The molecule has 3 nitrogen and oxygen atoms in total. The van der Waals surface area contributed by atoms with Gasteiger partial charge in [-0.3, -0.25) is 0 Å². The van der Waals surface area contributed by atoms with Crippen LogP contribution in [0.5, 0.6) is 0 Å². The molecule has 1 radical (unpaired) electrons. The minimum atomic E-state index is -1.02. The van der Waals surface area contributed by atoms with Gasteiger partial charge < -0.3 is 14.9 Å². The molecule has 0 atom stereocenters. The Labute approximate surface area is 210 Å². The number of hydrogen-bond donors (Lipinski definition) is 2. The number of ether oxygens (including phenoxy) is 1. The molecule has 0 aliphatic rings. The Bertz CT molecular complexity index is 260. The summed E-state index contributed by atoms with van der Waals surface area (Å²) in [5.74, 6) is 0. The number of aliphatic hydroxyl groups excluding tert-OH is 2. The first kappa shape index (κ1) is 34.8. The summed E-state index contributed by atoms with van der Waals surface area (Å²) in [5, 5.41) is 16.2. The van der Waals surface area contributed by atoms with Crippen LogP contribution in [0.15, 0.2) is 0 Å². The first-order chi connectivity index (χ1) is 15.8. The molecule has 0 bridgehead atoms. The van der Waals surface area contributed by atoms with E-state index in [4.69, 9.17) is 10.2 Å². The molecule has 195 valence electrons. The molecule has 0 aliphatic carbocycles. The van der Waals surface area contributed by atoms with E-state index in [0.717, 1.165) is 0 Å². The molecule has 0 aromatic heterocycles. The maximum atomic E-state index is 8.09. The molecular formula is C28H61O3Sn. The second-order valence-corrected chi connectivity index (χ2v) is 17.9. The van der Waals surface area contributed by atoms with E-state index in [2.05, 4.69) is 25.5 Å². The van der Waals surface area contributed by atoms with Crippen molar-refractivity contribution >= 4 is 19.8 Å². The van der Waals surface area contributed by atoms with Crippen LogP contribution in [0.25, 0.3) is 0 Å². The molecule has 0 aromatic carbocycles. The molecule has 0 saturated heterocycles. The first-order valence-corrected chi connectivity index (χ1v) is 20.4. The smallest absolute Gasteiger partial charge is 0.0698 e. The molecule has 0 aromatic rings. The van der Waals surface area contributed by atoms with Gasteiger partial charge in [-0.1, -0.05) is 0 Å². The van der Waals surface area contributed by atoms with Crippen molar-refractivity contribution in [2.24, 2.45) is 0 Å². The number of aliphatic hydroxyl groups is 2. The zero-order valence-electron chi connectivity index (χ0n) is 22.5. The van der Waals surface area contributed by atoms with Gasteiger partial charge in [0.15, 0.2) is 0 Å². The van der Waals surface area contributed by atoms with Crippen LogP contribution in [0, 0.1) is 0 Å². The SMILES string of the molecule is CCCCCCC[CH2][Sn]([CH2]CCCCCCC)[CH2]CCCCCCC.OCCOCCO. The minimum Gasteiger partial charge on any atom is -0.394 e. The molecule has 0 aliphatic heterocycles. The summed E-state index contributed by atoms with van der Waals surface area (Å²) in [5.41, 5.74) is 0. The Morgan fingerprint density at radius 1 is 0.438 bits per heavy atom. The van der Waals surface area contributed by atoms with Gasteiger partial charge in [-0.15, -0.1) is 0 Å². The van der Waals surface area contributed by atoms with E-state index in [1.807, 2.05) is 0 Å². The van der Waals surface area contributed by atoms with Gasteiger partial charge in [0.25, 0.3) is 0 Å². The number of unbranched alkanes of at least 4 members (excludes halogenated alkanes) is 15. The average molecular weight is 565 g/mol. The second-order valence-electron chi connectivity index (χ2n) is 9.36. The molecule has 0 amide bonds. The van der Waals surface area contributed by atoms with E-state index in [1.54, 1.807) is 32.6 Å². The Kier molecular flexibility index (Phi) is 36.9. The third-order valence-corrected chi connectivity index (χ3v) is 15.2. The quantitative estimate of drug-likeness (QED) is 0.0863. The van der Waals surface area contributed by atoms with Crippen LogP contribution in [0.3, 0.4) is 0 Å². The second kappa shape index (κ2) is 33.8. The number of rotatable bonds is 25. The van der Waals surface area contributed by atoms with E-state index in [9.17, 15) is 0 Å². The Morgan fingerprint density at radius 3 is 1.00 bits per heavy atom. The summed E-state index contributed by atoms with van der Waals surface area (Å²) >= 11 is -1.02. The van der Waals surface area contributed by atoms with E-state index in [-0.39, 0.29) is 13.2 Å². The Hall–Kier alpha value is 0.679. The third kappa shape index (κ3) is 32.9. The fourth-order valence-corrected chi connectivity index (χ4v) is 12.6. The van der Waals surface area contributed by atoms with Crippen molar-refractivity contribution < 1.29 is 14.9 Å². The van der Waals surface area contributed by atoms with Crippen molar-refractivity contribution in [3.05, 3.63) is 0 Å². The van der Waals surface area contributed by atoms with E-state index in [1.165, 1.54) is 96.3 Å². The predicted molar refractivity (Wildman–Crippen MR) is 145 cm³/mol. The fourth-order valence-electron chi connectivity index (χ4n) is 4.07. The first-order valence-electron chi connectivity index (χ1n) is 14.4. The third-order valence-electron chi connectivity index (χ3n) is 6.12. The summed E-state index contributed by atoms with van der Waals surface area (Å²) in [7, 11) is 0. The van der Waals surface area contributed by atoms with Crippen LogP contribution in [-0.4, -0.2) is 56.4 Å². The minimum absolute atomic E-state index is 0.0278. The van der Waals surface area contributed by atoms with E-state index < -0.39 is 19.8 Å². The van der Waals surface area contributed by atoms with Gasteiger partial charge in [-0.25, -0.2) is 0 Å². The molecule has 0 rings (SSSR count).